The molecule has 0 aliphatic carbocycles. The molecule has 0 saturated heterocycles. The van der Waals surface area contributed by atoms with Crippen molar-refractivity contribution in [1.29, 1.82) is 0 Å². The van der Waals surface area contributed by atoms with E-state index in [-0.39, 0.29) is 12.5 Å². The third-order valence-corrected chi connectivity index (χ3v) is 3.41. The zero-order chi connectivity index (χ0) is 18.6. The van der Waals surface area contributed by atoms with Crippen molar-refractivity contribution in [2.75, 3.05) is 19.8 Å². The highest BCUT2D eigenvalue weighted by Gasteiger charge is 2.03. The van der Waals surface area contributed by atoms with Crippen LogP contribution in [0.2, 0.25) is 0 Å². The fraction of sp³-hybridized carbons (Fsp3) is 0.250. The Labute approximate surface area is 152 Å². The van der Waals surface area contributed by atoms with E-state index in [9.17, 15) is 9.59 Å². The highest BCUT2D eigenvalue weighted by atomic mass is 16.6. The first-order valence-electron chi connectivity index (χ1n) is 8.40. The van der Waals surface area contributed by atoms with E-state index in [2.05, 4.69) is 10.3 Å². The van der Waals surface area contributed by atoms with Crippen molar-refractivity contribution >= 4 is 18.0 Å². The molecule has 0 bridgehead atoms. The Kier molecular flexibility index (Phi) is 7.86. The third-order valence-electron chi connectivity index (χ3n) is 3.41. The van der Waals surface area contributed by atoms with Crippen LogP contribution in [0.15, 0.2) is 54.9 Å². The van der Waals surface area contributed by atoms with Crippen molar-refractivity contribution in [3.8, 4) is 5.75 Å². The fourth-order valence-electron chi connectivity index (χ4n) is 2.13. The lowest BCUT2D eigenvalue weighted by Gasteiger charge is -2.07. The summed E-state index contributed by atoms with van der Waals surface area (Å²) >= 11 is 0. The van der Waals surface area contributed by atoms with E-state index in [1.54, 1.807) is 37.5 Å². The second-order valence-corrected chi connectivity index (χ2v) is 5.40. The molecule has 0 atom stereocenters. The Morgan fingerprint density at radius 1 is 1.19 bits per heavy atom. The van der Waals surface area contributed by atoms with Crippen molar-refractivity contribution in [1.82, 2.24) is 10.3 Å². The molecule has 6 heteroatoms. The van der Waals surface area contributed by atoms with Crippen LogP contribution in [0.1, 0.15) is 18.1 Å². The van der Waals surface area contributed by atoms with Crippen molar-refractivity contribution in [2.24, 2.45) is 0 Å². The van der Waals surface area contributed by atoms with Crippen LogP contribution in [0.3, 0.4) is 0 Å². The largest absolute Gasteiger partial charge is 0.482 e. The molecule has 2 rings (SSSR count). The normalized spacial score (nSPS) is 10.5. The monoisotopic (exact) mass is 354 g/mol. The molecule has 0 aliphatic rings. The van der Waals surface area contributed by atoms with Gasteiger partial charge in [0.1, 0.15) is 5.75 Å². The number of nitrogens with one attached hydrogen (secondary N) is 1. The number of esters is 1. The maximum absolute atomic E-state index is 11.8. The number of nitrogens with zero attached hydrogens (tertiary/aromatic N) is 1. The molecule has 1 aromatic carbocycles. The Bertz CT molecular complexity index is 727. The molecule has 0 spiro atoms. The number of hydrogen-bond donors (Lipinski definition) is 1. The van der Waals surface area contributed by atoms with Gasteiger partial charge >= 0.3 is 5.97 Å². The molecule has 1 aromatic heterocycles. The molecule has 0 unspecified atom stereocenters. The van der Waals surface area contributed by atoms with Gasteiger partial charge < -0.3 is 14.8 Å². The van der Waals surface area contributed by atoms with E-state index in [4.69, 9.17) is 9.47 Å². The number of carbonyl (C=O) groups is 2. The molecule has 1 amide bonds. The minimum absolute atomic E-state index is 0.105. The third kappa shape index (κ3) is 7.17. The zero-order valence-electron chi connectivity index (χ0n) is 14.7. The van der Waals surface area contributed by atoms with Gasteiger partial charge in [-0.25, -0.2) is 4.79 Å². The summed E-state index contributed by atoms with van der Waals surface area (Å²) in [5, 5.41) is 2.83. The fourth-order valence-corrected chi connectivity index (χ4v) is 2.13. The SMILES string of the molecule is CCOC(=O)COc1ccc(CCNC(=O)C=Cc2cccnc2)cc1. The zero-order valence-corrected chi connectivity index (χ0v) is 14.7. The van der Waals surface area contributed by atoms with Crippen LogP contribution in [-0.4, -0.2) is 36.6 Å². The van der Waals surface area contributed by atoms with Crippen LogP contribution in [0.25, 0.3) is 6.08 Å². The topological polar surface area (TPSA) is 77.5 Å². The molecular weight excluding hydrogens is 332 g/mol. The quantitative estimate of drug-likeness (QED) is 0.553. The highest BCUT2D eigenvalue weighted by Crippen LogP contribution is 2.12. The number of ether oxygens (including phenoxy) is 2. The Balaban J connectivity index is 1.70. The Morgan fingerprint density at radius 2 is 2.00 bits per heavy atom. The molecule has 26 heavy (non-hydrogen) atoms. The molecular formula is C20H22N2O4. The lowest BCUT2D eigenvalue weighted by Crippen LogP contribution is -2.23. The Hall–Kier alpha value is -3.15. The van der Waals surface area contributed by atoms with Gasteiger partial charge in [0.05, 0.1) is 6.61 Å². The van der Waals surface area contributed by atoms with Gasteiger partial charge in [-0.2, -0.15) is 0 Å². The summed E-state index contributed by atoms with van der Waals surface area (Å²) in [5.41, 5.74) is 1.94. The van der Waals surface area contributed by atoms with E-state index in [0.29, 0.717) is 25.3 Å². The van der Waals surface area contributed by atoms with Gasteiger partial charge in [0.15, 0.2) is 6.61 Å². The summed E-state index contributed by atoms with van der Waals surface area (Å²) < 4.78 is 10.1. The Morgan fingerprint density at radius 3 is 2.69 bits per heavy atom. The van der Waals surface area contributed by atoms with Gasteiger partial charge in [0, 0.05) is 25.0 Å². The predicted molar refractivity (Wildman–Crippen MR) is 98.6 cm³/mol. The number of pyridine rings is 1. The van der Waals surface area contributed by atoms with E-state index in [0.717, 1.165) is 11.1 Å². The van der Waals surface area contributed by atoms with Crippen LogP contribution in [-0.2, 0) is 20.7 Å². The number of amides is 1. The molecule has 0 fully saturated rings. The van der Waals surface area contributed by atoms with Gasteiger partial charge in [-0.1, -0.05) is 18.2 Å². The van der Waals surface area contributed by atoms with E-state index < -0.39 is 5.97 Å². The van der Waals surface area contributed by atoms with Crippen molar-refractivity contribution < 1.29 is 19.1 Å². The van der Waals surface area contributed by atoms with Gasteiger partial charge in [0.25, 0.3) is 0 Å². The summed E-state index contributed by atoms with van der Waals surface area (Å²) in [6, 6.07) is 11.1. The first kappa shape index (κ1) is 19.2. The van der Waals surface area contributed by atoms with E-state index in [1.165, 1.54) is 6.08 Å². The summed E-state index contributed by atoms with van der Waals surface area (Å²) in [7, 11) is 0. The standard InChI is InChI=1S/C20H22N2O4/c1-2-25-20(24)15-26-18-8-5-16(6-9-18)11-13-22-19(23)10-7-17-4-3-12-21-14-17/h3-10,12,14H,2,11,13,15H2,1H3,(H,22,23). The molecule has 0 aliphatic heterocycles. The average Bonchev–Trinajstić information content (AvgIpc) is 2.67. The van der Waals surface area contributed by atoms with Crippen LogP contribution < -0.4 is 10.1 Å². The van der Waals surface area contributed by atoms with Gasteiger partial charge in [-0.15, -0.1) is 0 Å². The van der Waals surface area contributed by atoms with Crippen LogP contribution in [0, 0.1) is 0 Å². The lowest BCUT2D eigenvalue weighted by molar-refractivity contribution is -0.145. The molecule has 1 heterocycles. The van der Waals surface area contributed by atoms with E-state index >= 15 is 0 Å². The first-order valence-corrected chi connectivity index (χ1v) is 8.40. The average molecular weight is 354 g/mol. The molecule has 0 radical (unpaired) electrons. The number of hydrogen-bond acceptors (Lipinski definition) is 5. The van der Waals surface area contributed by atoms with Gasteiger partial charge in [0.2, 0.25) is 5.91 Å². The summed E-state index contributed by atoms with van der Waals surface area (Å²) in [6.45, 7) is 2.51. The molecule has 0 saturated carbocycles. The first-order chi connectivity index (χ1) is 12.7. The van der Waals surface area contributed by atoms with Gasteiger partial charge in [-0.05, 0) is 48.7 Å². The van der Waals surface area contributed by atoms with Crippen molar-refractivity contribution in [3.63, 3.8) is 0 Å². The minimum atomic E-state index is -0.390. The maximum Gasteiger partial charge on any atom is 0.344 e. The summed E-state index contributed by atoms with van der Waals surface area (Å²) in [6.07, 6.45) is 7.28. The predicted octanol–water partition coefficient (Wildman–Crippen LogP) is 2.40. The highest BCUT2D eigenvalue weighted by molar-refractivity contribution is 5.91. The van der Waals surface area contributed by atoms with Crippen LogP contribution >= 0.6 is 0 Å². The summed E-state index contributed by atoms with van der Waals surface area (Å²) in [5.74, 6) is 0.0621. The van der Waals surface area contributed by atoms with Crippen molar-refractivity contribution in [3.05, 3.63) is 66.0 Å². The van der Waals surface area contributed by atoms with Crippen molar-refractivity contribution in [2.45, 2.75) is 13.3 Å². The molecule has 1 N–H and O–H groups in total. The second-order valence-electron chi connectivity index (χ2n) is 5.40. The van der Waals surface area contributed by atoms with Gasteiger partial charge in [-0.3, -0.25) is 9.78 Å². The molecule has 6 nitrogen and oxygen atoms in total. The number of benzene rings is 1. The number of aromatic nitrogens is 1. The molecule has 136 valence electrons. The van der Waals surface area contributed by atoms with Crippen LogP contribution in [0.4, 0.5) is 0 Å². The lowest BCUT2D eigenvalue weighted by atomic mass is 10.1. The maximum atomic E-state index is 11.8. The minimum Gasteiger partial charge on any atom is -0.482 e. The number of rotatable bonds is 9. The van der Waals surface area contributed by atoms with E-state index in [1.807, 2.05) is 24.3 Å². The second kappa shape index (κ2) is 10.7. The molecule has 2 aromatic rings. The number of carbonyl (C=O) groups excluding carboxylic acids is 2. The summed E-state index contributed by atoms with van der Waals surface area (Å²) in [4.78, 5) is 27.0. The van der Waals surface area contributed by atoms with Crippen LogP contribution in [0.5, 0.6) is 5.75 Å². The smallest absolute Gasteiger partial charge is 0.344 e.